The fourth-order valence-electron chi connectivity index (χ4n) is 2.31. The Morgan fingerprint density at radius 2 is 1.44 bits per heavy atom. The quantitative estimate of drug-likeness (QED) is 0.691. The molecule has 18 heavy (non-hydrogen) atoms. The summed E-state index contributed by atoms with van der Waals surface area (Å²) in [6.07, 6.45) is 2.00. The molecule has 0 aliphatic heterocycles. The van der Waals surface area contributed by atoms with Crippen molar-refractivity contribution in [1.29, 1.82) is 0 Å². The molecule has 0 aliphatic rings. The third-order valence-electron chi connectivity index (χ3n) is 4.04. The van der Waals surface area contributed by atoms with E-state index in [1.54, 1.807) is 0 Å². The molecule has 0 heterocycles. The second-order valence-electron chi connectivity index (χ2n) is 7.17. The van der Waals surface area contributed by atoms with Gasteiger partial charge in [0.1, 0.15) is 0 Å². The zero-order valence-corrected chi connectivity index (χ0v) is 13.8. The van der Waals surface area contributed by atoms with Gasteiger partial charge in [-0.15, -0.1) is 0 Å². The Hall–Kier alpha value is -0.530. The minimum absolute atomic E-state index is 0.0763. The number of carbonyl (C=O) groups excluding carboxylic acids is 1. The summed E-state index contributed by atoms with van der Waals surface area (Å²) in [5.41, 5.74) is 0.271. The molecule has 0 spiro atoms. The molecule has 2 nitrogen and oxygen atoms in total. The van der Waals surface area contributed by atoms with Crippen LogP contribution in [0.4, 0.5) is 0 Å². The normalized spacial score (nSPS) is 14.4. The van der Waals surface area contributed by atoms with Crippen molar-refractivity contribution in [2.45, 2.75) is 68.2 Å². The summed E-state index contributed by atoms with van der Waals surface area (Å²) in [6, 6.07) is 0. The molecule has 0 aromatic carbocycles. The molecule has 0 bridgehead atoms. The lowest BCUT2D eigenvalue weighted by Gasteiger charge is -2.39. The average molecular weight is 255 g/mol. The molecule has 2 heteroatoms. The van der Waals surface area contributed by atoms with Gasteiger partial charge in [-0.2, -0.15) is 0 Å². The first-order valence-corrected chi connectivity index (χ1v) is 7.37. The van der Waals surface area contributed by atoms with Crippen LogP contribution in [0.5, 0.6) is 0 Å². The third kappa shape index (κ3) is 4.99. The van der Waals surface area contributed by atoms with Gasteiger partial charge < -0.3 is 4.90 Å². The maximum Gasteiger partial charge on any atom is 0.226 e. The first-order chi connectivity index (χ1) is 8.09. The molecule has 0 saturated heterocycles. The largest absolute Gasteiger partial charge is 0.343 e. The van der Waals surface area contributed by atoms with Crippen LogP contribution >= 0.6 is 0 Å². The first-order valence-electron chi connectivity index (χ1n) is 7.37. The summed E-state index contributed by atoms with van der Waals surface area (Å²) in [6.45, 7) is 19.1. The highest BCUT2D eigenvalue weighted by Gasteiger charge is 2.38. The predicted molar refractivity (Wildman–Crippen MR) is 79.6 cm³/mol. The standard InChI is InChI=1S/C16H33NO/c1-9-16(7,8)13(12-15(4,5)6)14(18)17(10-2)11-3/h13H,9-12H2,1-8H3. The molecule has 108 valence electrons. The fourth-order valence-corrected chi connectivity index (χ4v) is 2.31. The minimum atomic E-state index is 0.0763. The Kier molecular flexibility index (Phi) is 6.39. The van der Waals surface area contributed by atoms with E-state index in [2.05, 4.69) is 55.4 Å². The molecule has 0 N–H and O–H groups in total. The van der Waals surface area contributed by atoms with E-state index in [0.29, 0.717) is 5.91 Å². The topological polar surface area (TPSA) is 20.3 Å². The summed E-state index contributed by atoms with van der Waals surface area (Å²) < 4.78 is 0. The number of nitrogens with zero attached hydrogens (tertiary/aromatic N) is 1. The maximum atomic E-state index is 12.7. The summed E-state index contributed by atoms with van der Waals surface area (Å²) in [5.74, 6) is 0.462. The van der Waals surface area contributed by atoms with Crippen molar-refractivity contribution >= 4 is 5.91 Å². The molecule has 0 rings (SSSR count). The monoisotopic (exact) mass is 255 g/mol. The molecule has 0 aromatic rings. The van der Waals surface area contributed by atoms with Crippen molar-refractivity contribution in [2.75, 3.05) is 13.1 Å². The van der Waals surface area contributed by atoms with Gasteiger partial charge in [-0.25, -0.2) is 0 Å². The second kappa shape index (κ2) is 6.58. The van der Waals surface area contributed by atoms with Crippen LogP contribution in [0.25, 0.3) is 0 Å². The van der Waals surface area contributed by atoms with E-state index in [0.717, 1.165) is 25.9 Å². The predicted octanol–water partition coefficient (Wildman–Crippen LogP) is 4.34. The van der Waals surface area contributed by atoms with Gasteiger partial charge >= 0.3 is 0 Å². The summed E-state index contributed by atoms with van der Waals surface area (Å²) in [5, 5.41) is 0. The first kappa shape index (κ1) is 17.5. The number of carbonyl (C=O) groups is 1. The van der Waals surface area contributed by atoms with Crippen molar-refractivity contribution < 1.29 is 4.79 Å². The molecule has 0 aliphatic carbocycles. The highest BCUT2D eigenvalue weighted by atomic mass is 16.2. The lowest BCUT2D eigenvalue weighted by Crippen LogP contribution is -2.43. The molecular formula is C16H33NO. The second-order valence-corrected chi connectivity index (χ2v) is 7.17. The molecule has 0 aromatic heterocycles. The van der Waals surface area contributed by atoms with Gasteiger partial charge in [-0.05, 0) is 31.1 Å². The van der Waals surface area contributed by atoms with Gasteiger partial charge in [0, 0.05) is 19.0 Å². The van der Waals surface area contributed by atoms with E-state index in [1.807, 2.05) is 4.90 Å². The van der Waals surface area contributed by atoms with Crippen LogP contribution in [0.15, 0.2) is 0 Å². The summed E-state index contributed by atoms with van der Waals surface area (Å²) in [4.78, 5) is 14.7. The van der Waals surface area contributed by atoms with E-state index in [9.17, 15) is 4.79 Å². The molecular weight excluding hydrogens is 222 g/mol. The Bertz CT molecular complexity index is 259. The Morgan fingerprint density at radius 1 is 1.00 bits per heavy atom. The van der Waals surface area contributed by atoms with Gasteiger partial charge in [0.15, 0.2) is 0 Å². The van der Waals surface area contributed by atoms with Gasteiger partial charge in [-0.3, -0.25) is 4.79 Å². The minimum Gasteiger partial charge on any atom is -0.343 e. The van der Waals surface area contributed by atoms with Gasteiger partial charge in [0.25, 0.3) is 0 Å². The van der Waals surface area contributed by atoms with Gasteiger partial charge in [0.05, 0.1) is 0 Å². The Balaban J connectivity index is 5.16. The molecule has 0 saturated carbocycles. The highest BCUT2D eigenvalue weighted by molar-refractivity contribution is 5.79. The van der Waals surface area contributed by atoms with Crippen LogP contribution in [0, 0.1) is 16.7 Å². The van der Waals surface area contributed by atoms with E-state index in [4.69, 9.17) is 0 Å². The van der Waals surface area contributed by atoms with E-state index in [1.165, 1.54) is 0 Å². The van der Waals surface area contributed by atoms with E-state index in [-0.39, 0.29) is 16.7 Å². The van der Waals surface area contributed by atoms with Crippen LogP contribution in [0.3, 0.4) is 0 Å². The van der Waals surface area contributed by atoms with Crippen LogP contribution in [-0.4, -0.2) is 23.9 Å². The van der Waals surface area contributed by atoms with Crippen molar-refractivity contribution in [3.8, 4) is 0 Å². The van der Waals surface area contributed by atoms with Crippen molar-refractivity contribution in [2.24, 2.45) is 16.7 Å². The third-order valence-corrected chi connectivity index (χ3v) is 4.04. The lowest BCUT2D eigenvalue weighted by atomic mass is 9.69. The zero-order chi connectivity index (χ0) is 14.6. The average Bonchev–Trinajstić information content (AvgIpc) is 2.26. The maximum absolute atomic E-state index is 12.7. The van der Waals surface area contributed by atoms with E-state index < -0.39 is 0 Å². The van der Waals surface area contributed by atoms with Gasteiger partial charge in [-0.1, -0.05) is 48.0 Å². The summed E-state index contributed by atoms with van der Waals surface area (Å²) >= 11 is 0. The lowest BCUT2D eigenvalue weighted by molar-refractivity contribution is -0.140. The van der Waals surface area contributed by atoms with Gasteiger partial charge in [0.2, 0.25) is 5.91 Å². The molecule has 0 radical (unpaired) electrons. The molecule has 1 amide bonds. The van der Waals surface area contributed by atoms with Crippen LogP contribution in [-0.2, 0) is 4.79 Å². The summed E-state index contributed by atoms with van der Waals surface area (Å²) in [7, 11) is 0. The van der Waals surface area contributed by atoms with Crippen molar-refractivity contribution in [3.63, 3.8) is 0 Å². The van der Waals surface area contributed by atoms with Crippen LogP contribution < -0.4 is 0 Å². The van der Waals surface area contributed by atoms with Crippen LogP contribution in [0.2, 0.25) is 0 Å². The number of amides is 1. The zero-order valence-electron chi connectivity index (χ0n) is 13.8. The van der Waals surface area contributed by atoms with Crippen molar-refractivity contribution in [3.05, 3.63) is 0 Å². The Morgan fingerprint density at radius 3 is 1.72 bits per heavy atom. The smallest absolute Gasteiger partial charge is 0.226 e. The molecule has 1 atom stereocenters. The molecule has 0 fully saturated rings. The fraction of sp³-hybridized carbons (Fsp3) is 0.938. The highest BCUT2D eigenvalue weighted by Crippen LogP contribution is 2.39. The molecule has 1 unspecified atom stereocenters. The number of hydrogen-bond acceptors (Lipinski definition) is 1. The van der Waals surface area contributed by atoms with E-state index >= 15 is 0 Å². The van der Waals surface area contributed by atoms with Crippen LogP contribution in [0.1, 0.15) is 68.2 Å². The number of rotatable bonds is 6. The SMILES string of the molecule is CCN(CC)C(=O)C(CC(C)(C)C)C(C)(C)CC. The van der Waals surface area contributed by atoms with Crippen molar-refractivity contribution in [1.82, 2.24) is 4.90 Å². The number of hydrogen-bond donors (Lipinski definition) is 0. The Labute approximate surface area is 114 Å².